The average Bonchev–Trinajstić information content (AvgIpc) is 3.53. The van der Waals surface area contributed by atoms with Crippen molar-refractivity contribution in [2.75, 3.05) is 49.6 Å². The molecule has 5 rings (SSSR count). The fourth-order valence-electron chi connectivity index (χ4n) is 4.43. The molecule has 2 saturated heterocycles. The molecule has 10 nitrogen and oxygen atoms in total. The number of rotatable bonds is 6. The Kier molecular flexibility index (Phi) is 6.21. The molecule has 2 aliphatic rings. The molecule has 0 N–H and O–H groups in total. The van der Waals surface area contributed by atoms with E-state index in [4.69, 9.17) is 9.47 Å². The van der Waals surface area contributed by atoms with Crippen LogP contribution in [0.2, 0.25) is 0 Å². The molecule has 1 aromatic heterocycles. The number of cyclic esters (lactones) is 1. The molecule has 0 saturated carbocycles. The monoisotopic (exact) mass is 480 g/mol. The largest absolute Gasteiger partial charge is 0.496 e. The highest BCUT2D eigenvalue weighted by Crippen LogP contribution is 2.29. The van der Waals surface area contributed by atoms with E-state index < -0.39 is 18.0 Å². The normalized spacial score (nSPS) is 18.1. The first-order chi connectivity index (χ1) is 17.0. The van der Waals surface area contributed by atoms with Gasteiger partial charge in [0.1, 0.15) is 17.7 Å². The standard InChI is InChI=1S/C24H25FN6O4/c1-34-22-5-3-2-4-19(22)23(32)29-12-10-28(11-13-29)21-7-6-17(14-20(21)25)31-16-18(35-24(31)33)15-30-9-8-26-27-30/h2-9,14,18H,10-13,15-16H2,1H3/t18-/m0/s1. The maximum Gasteiger partial charge on any atom is 0.414 e. The van der Waals surface area contributed by atoms with E-state index in [-0.39, 0.29) is 5.91 Å². The molecular formula is C24H25FN6O4. The highest BCUT2D eigenvalue weighted by Gasteiger charge is 2.33. The Morgan fingerprint density at radius 3 is 2.69 bits per heavy atom. The lowest BCUT2D eigenvalue weighted by Gasteiger charge is -2.36. The molecule has 0 spiro atoms. The lowest BCUT2D eigenvalue weighted by Crippen LogP contribution is -2.49. The smallest absolute Gasteiger partial charge is 0.414 e. The summed E-state index contributed by atoms with van der Waals surface area (Å²) < 4.78 is 27.4. The van der Waals surface area contributed by atoms with E-state index in [9.17, 15) is 9.59 Å². The third-order valence-electron chi connectivity index (χ3n) is 6.22. The van der Waals surface area contributed by atoms with Crippen molar-refractivity contribution in [1.29, 1.82) is 0 Å². The van der Waals surface area contributed by atoms with Crippen molar-refractivity contribution >= 4 is 23.4 Å². The van der Waals surface area contributed by atoms with Crippen LogP contribution in [0, 0.1) is 5.82 Å². The predicted octanol–water partition coefficient (Wildman–Crippen LogP) is 2.41. The number of anilines is 2. The van der Waals surface area contributed by atoms with E-state index in [1.807, 2.05) is 11.0 Å². The number of hydrogen-bond acceptors (Lipinski definition) is 7. The molecule has 0 bridgehead atoms. The fourth-order valence-corrected chi connectivity index (χ4v) is 4.43. The van der Waals surface area contributed by atoms with E-state index in [0.717, 1.165) is 0 Å². The summed E-state index contributed by atoms with van der Waals surface area (Å²) in [6.45, 7) is 2.56. The molecule has 182 valence electrons. The number of methoxy groups -OCH3 is 1. The summed E-state index contributed by atoms with van der Waals surface area (Å²) in [6.07, 6.45) is 2.32. The molecule has 0 aliphatic carbocycles. The number of para-hydroxylation sites is 1. The third-order valence-corrected chi connectivity index (χ3v) is 6.22. The van der Waals surface area contributed by atoms with Crippen molar-refractivity contribution in [3.05, 3.63) is 66.2 Å². The Morgan fingerprint density at radius 2 is 1.97 bits per heavy atom. The summed E-state index contributed by atoms with van der Waals surface area (Å²) in [5.74, 6) is -0.00373. The summed E-state index contributed by atoms with van der Waals surface area (Å²) in [7, 11) is 1.54. The summed E-state index contributed by atoms with van der Waals surface area (Å²) in [5.41, 5.74) is 1.38. The predicted molar refractivity (Wildman–Crippen MR) is 125 cm³/mol. The second-order valence-electron chi connectivity index (χ2n) is 8.36. The van der Waals surface area contributed by atoms with Gasteiger partial charge in [-0.25, -0.2) is 13.9 Å². The van der Waals surface area contributed by atoms with Gasteiger partial charge in [-0.15, -0.1) is 5.10 Å². The molecule has 11 heteroatoms. The van der Waals surface area contributed by atoms with Gasteiger partial charge in [-0.05, 0) is 30.3 Å². The molecule has 2 aliphatic heterocycles. The van der Waals surface area contributed by atoms with Gasteiger partial charge in [0.15, 0.2) is 0 Å². The number of nitrogens with zero attached hydrogens (tertiary/aromatic N) is 6. The van der Waals surface area contributed by atoms with Crippen LogP contribution in [0.5, 0.6) is 5.75 Å². The van der Waals surface area contributed by atoms with Crippen LogP contribution in [0.25, 0.3) is 0 Å². The minimum absolute atomic E-state index is 0.106. The summed E-state index contributed by atoms with van der Waals surface area (Å²) in [6, 6.07) is 11.8. The van der Waals surface area contributed by atoms with Crippen molar-refractivity contribution < 1.29 is 23.5 Å². The van der Waals surface area contributed by atoms with Gasteiger partial charge in [0, 0.05) is 32.4 Å². The number of carbonyl (C=O) groups excluding carboxylic acids is 2. The lowest BCUT2D eigenvalue weighted by atomic mass is 10.1. The van der Waals surface area contributed by atoms with Gasteiger partial charge in [-0.1, -0.05) is 17.3 Å². The van der Waals surface area contributed by atoms with Crippen LogP contribution in [0.3, 0.4) is 0 Å². The number of piperazine rings is 1. The van der Waals surface area contributed by atoms with E-state index in [0.29, 0.717) is 62.0 Å². The van der Waals surface area contributed by atoms with Crippen molar-refractivity contribution in [2.24, 2.45) is 0 Å². The van der Waals surface area contributed by atoms with Crippen LogP contribution < -0.4 is 14.5 Å². The third kappa shape index (κ3) is 4.61. The Morgan fingerprint density at radius 1 is 1.17 bits per heavy atom. The second kappa shape index (κ2) is 9.61. The van der Waals surface area contributed by atoms with Gasteiger partial charge >= 0.3 is 6.09 Å². The number of carbonyl (C=O) groups is 2. The van der Waals surface area contributed by atoms with Crippen molar-refractivity contribution in [3.63, 3.8) is 0 Å². The zero-order valence-corrected chi connectivity index (χ0v) is 19.2. The number of aromatic nitrogens is 3. The van der Waals surface area contributed by atoms with E-state index >= 15 is 4.39 Å². The fraction of sp³-hybridized carbons (Fsp3) is 0.333. The molecule has 35 heavy (non-hydrogen) atoms. The maximum absolute atomic E-state index is 15.1. The van der Waals surface area contributed by atoms with Crippen LogP contribution in [0.4, 0.5) is 20.6 Å². The van der Waals surface area contributed by atoms with Crippen molar-refractivity contribution in [3.8, 4) is 5.75 Å². The van der Waals surface area contributed by atoms with Crippen molar-refractivity contribution in [2.45, 2.75) is 12.6 Å². The van der Waals surface area contributed by atoms with E-state index in [1.165, 1.54) is 18.1 Å². The molecule has 0 radical (unpaired) electrons. The van der Waals surface area contributed by atoms with Gasteiger partial charge < -0.3 is 19.3 Å². The van der Waals surface area contributed by atoms with E-state index in [2.05, 4.69) is 10.3 Å². The minimum Gasteiger partial charge on any atom is -0.496 e. The highest BCUT2D eigenvalue weighted by atomic mass is 19.1. The quantitative estimate of drug-likeness (QED) is 0.535. The topological polar surface area (TPSA) is 93.0 Å². The summed E-state index contributed by atoms with van der Waals surface area (Å²) >= 11 is 0. The molecule has 3 aromatic rings. The lowest BCUT2D eigenvalue weighted by molar-refractivity contribution is 0.0743. The summed E-state index contributed by atoms with van der Waals surface area (Å²) in [5, 5.41) is 7.62. The van der Waals surface area contributed by atoms with Gasteiger partial charge in [0.05, 0.1) is 43.3 Å². The minimum atomic E-state index is -0.522. The number of hydrogen-bond donors (Lipinski definition) is 0. The average molecular weight is 481 g/mol. The van der Waals surface area contributed by atoms with Crippen molar-refractivity contribution in [1.82, 2.24) is 19.9 Å². The van der Waals surface area contributed by atoms with Gasteiger partial charge in [-0.3, -0.25) is 9.69 Å². The first-order valence-corrected chi connectivity index (χ1v) is 11.3. The second-order valence-corrected chi connectivity index (χ2v) is 8.36. The number of benzene rings is 2. The molecule has 3 heterocycles. The zero-order valence-electron chi connectivity index (χ0n) is 19.2. The van der Waals surface area contributed by atoms with Crippen LogP contribution in [-0.2, 0) is 11.3 Å². The maximum atomic E-state index is 15.1. The highest BCUT2D eigenvalue weighted by molar-refractivity contribution is 5.97. The number of halogens is 1. The Labute approximate surface area is 201 Å². The number of amides is 2. The molecule has 2 fully saturated rings. The number of ether oxygens (including phenoxy) is 2. The SMILES string of the molecule is COc1ccccc1C(=O)N1CCN(c2ccc(N3C[C@H](Cn4ccnn4)OC3=O)cc2F)CC1. The van der Waals surface area contributed by atoms with Gasteiger partial charge in [-0.2, -0.15) is 0 Å². The summed E-state index contributed by atoms with van der Waals surface area (Å²) in [4.78, 5) is 30.4. The first kappa shape index (κ1) is 22.6. The van der Waals surface area contributed by atoms with Crippen LogP contribution in [0.1, 0.15) is 10.4 Å². The molecule has 0 unspecified atom stereocenters. The van der Waals surface area contributed by atoms with Crippen LogP contribution in [-0.4, -0.2) is 77.8 Å². The Balaban J connectivity index is 1.22. The molecule has 1 atom stereocenters. The molecular weight excluding hydrogens is 455 g/mol. The zero-order chi connectivity index (χ0) is 24.4. The first-order valence-electron chi connectivity index (χ1n) is 11.3. The Hall–Kier alpha value is -4.15. The van der Waals surface area contributed by atoms with E-state index in [1.54, 1.807) is 52.3 Å². The Bertz CT molecular complexity index is 1210. The molecule has 2 amide bonds. The van der Waals surface area contributed by atoms with Gasteiger partial charge in [0.2, 0.25) is 0 Å². The van der Waals surface area contributed by atoms with Crippen LogP contribution >= 0.6 is 0 Å². The molecule has 2 aromatic carbocycles. The van der Waals surface area contributed by atoms with Gasteiger partial charge in [0.25, 0.3) is 5.91 Å². The van der Waals surface area contributed by atoms with Crippen LogP contribution in [0.15, 0.2) is 54.9 Å².